The van der Waals surface area contributed by atoms with E-state index in [-0.39, 0.29) is 17.8 Å². The van der Waals surface area contributed by atoms with Crippen LogP contribution in [0.3, 0.4) is 0 Å². The molecule has 2 saturated heterocycles. The van der Waals surface area contributed by atoms with Crippen molar-refractivity contribution in [1.29, 1.82) is 0 Å². The van der Waals surface area contributed by atoms with Gasteiger partial charge in [0.1, 0.15) is 0 Å². The highest BCUT2D eigenvalue weighted by Crippen LogP contribution is 2.19. The second kappa shape index (κ2) is 7.42. The van der Waals surface area contributed by atoms with Gasteiger partial charge in [-0.25, -0.2) is 13.2 Å². The van der Waals surface area contributed by atoms with Gasteiger partial charge in [-0.1, -0.05) is 0 Å². The SMILES string of the molecule is COCCCNC(=O)N1CCN(C2CCS(=O)(=O)C2)CC1. The van der Waals surface area contributed by atoms with E-state index in [1.807, 2.05) is 0 Å². The molecule has 0 aromatic heterocycles. The number of nitrogens with zero attached hydrogens (tertiary/aromatic N) is 2. The number of amides is 2. The topological polar surface area (TPSA) is 79.0 Å². The molecule has 2 amide bonds. The first kappa shape index (κ1) is 16.5. The third-order valence-electron chi connectivity index (χ3n) is 4.13. The molecule has 1 N–H and O–H groups in total. The molecular weight excluding hydrogens is 294 g/mol. The number of hydrogen-bond acceptors (Lipinski definition) is 5. The smallest absolute Gasteiger partial charge is 0.317 e. The predicted octanol–water partition coefficient (Wildman–Crippen LogP) is -0.463. The fraction of sp³-hybridized carbons (Fsp3) is 0.923. The molecule has 122 valence electrons. The van der Waals surface area contributed by atoms with E-state index in [1.54, 1.807) is 12.0 Å². The summed E-state index contributed by atoms with van der Waals surface area (Å²) in [6.07, 6.45) is 1.54. The molecule has 0 radical (unpaired) electrons. The number of hydrogen-bond donors (Lipinski definition) is 1. The summed E-state index contributed by atoms with van der Waals surface area (Å²) in [6.45, 7) is 4.09. The van der Waals surface area contributed by atoms with E-state index in [2.05, 4.69) is 10.2 Å². The van der Waals surface area contributed by atoms with Crippen molar-refractivity contribution in [2.75, 3.05) is 57.9 Å². The van der Waals surface area contributed by atoms with E-state index in [4.69, 9.17) is 4.74 Å². The number of sulfone groups is 1. The van der Waals surface area contributed by atoms with Gasteiger partial charge in [0.05, 0.1) is 11.5 Å². The lowest BCUT2D eigenvalue weighted by atomic mass is 10.2. The maximum absolute atomic E-state index is 12.0. The lowest BCUT2D eigenvalue weighted by Crippen LogP contribution is -2.54. The number of piperazine rings is 1. The summed E-state index contributed by atoms with van der Waals surface area (Å²) in [5.74, 6) is 0.577. The average Bonchev–Trinajstić information content (AvgIpc) is 2.84. The van der Waals surface area contributed by atoms with E-state index >= 15 is 0 Å². The van der Waals surface area contributed by atoms with E-state index in [0.29, 0.717) is 32.0 Å². The fourth-order valence-electron chi connectivity index (χ4n) is 2.88. The van der Waals surface area contributed by atoms with Crippen LogP contribution in [0, 0.1) is 0 Å². The minimum atomic E-state index is -2.84. The molecule has 0 saturated carbocycles. The van der Waals surface area contributed by atoms with Crippen LogP contribution < -0.4 is 5.32 Å². The maximum atomic E-state index is 12.0. The number of carbonyl (C=O) groups excluding carboxylic acids is 1. The summed E-state index contributed by atoms with van der Waals surface area (Å²) in [6, 6.07) is 0.103. The molecule has 2 heterocycles. The lowest BCUT2D eigenvalue weighted by molar-refractivity contribution is 0.115. The van der Waals surface area contributed by atoms with Gasteiger partial charge < -0.3 is 15.0 Å². The molecule has 8 heteroatoms. The monoisotopic (exact) mass is 319 g/mol. The second-order valence-corrected chi connectivity index (χ2v) is 7.89. The standard InChI is InChI=1S/C13H25N3O4S/c1-20-9-2-4-14-13(17)16-7-5-15(6-8-16)12-3-10-21(18,19)11-12/h12H,2-11H2,1H3,(H,14,17). The first-order chi connectivity index (χ1) is 10.0. The highest BCUT2D eigenvalue weighted by molar-refractivity contribution is 7.91. The molecule has 21 heavy (non-hydrogen) atoms. The molecule has 2 fully saturated rings. The maximum Gasteiger partial charge on any atom is 0.317 e. The van der Waals surface area contributed by atoms with Crippen molar-refractivity contribution < 1.29 is 17.9 Å². The molecule has 2 aliphatic heterocycles. The quantitative estimate of drug-likeness (QED) is 0.694. The van der Waals surface area contributed by atoms with Gasteiger partial charge in [-0.15, -0.1) is 0 Å². The molecule has 2 rings (SSSR count). The minimum Gasteiger partial charge on any atom is -0.385 e. The van der Waals surface area contributed by atoms with Crippen molar-refractivity contribution in [2.45, 2.75) is 18.9 Å². The Morgan fingerprint density at radius 1 is 1.29 bits per heavy atom. The third kappa shape index (κ3) is 4.82. The van der Waals surface area contributed by atoms with Gasteiger partial charge in [-0.2, -0.15) is 0 Å². The molecule has 7 nitrogen and oxygen atoms in total. The summed E-state index contributed by atoms with van der Waals surface area (Å²) in [5, 5.41) is 2.88. The highest BCUT2D eigenvalue weighted by Gasteiger charge is 2.34. The van der Waals surface area contributed by atoms with E-state index in [0.717, 1.165) is 25.9 Å². The molecular formula is C13H25N3O4S. The van der Waals surface area contributed by atoms with Crippen molar-refractivity contribution in [3.05, 3.63) is 0 Å². The van der Waals surface area contributed by atoms with Gasteiger partial charge in [-0.3, -0.25) is 4.90 Å². The Hall–Kier alpha value is -0.860. The van der Waals surface area contributed by atoms with Crippen LogP contribution in [0.25, 0.3) is 0 Å². The normalized spacial score (nSPS) is 26.0. The number of rotatable bonds is 5. The molecule has 1 unspecified atom stereocenters. The largest absolute Gasteiger partial charge is 0.385 e. The van der Waals surface area contributed by atoms with Crippen LogP contribution in [0.15, 0.2) is 0 Å². The molecule has 0 aliphatic carbocycles. The number of carbonyl (C=O) groups is 1. The van der Waals surface area contributed by atoms with Crippen LogP contribution in [0.1, 0.15) is 12.8 Å². The van der Waals surface area contributed by atoms with E-state index in [9.17, 15) is 13.2 Å². The van der Waals surface area contributed by atoms with Crippen LogP contribution >= 0.6 is 0 Å². The third-order valence-corrected chi connectivity index (χ3v) is 5.88. The summed E-state index contributed by atoms with van der Waals surface area (Å²) in [4.78, 5) is 16.0. The van der Waals surface area contributed by atoms with Crippen LogP contribution in [-0.4, -0.2) is 88.2 Å². The van der Waals surface area contributed by atoms with Gasteiger partial charge in [0, 0.05) is 52.5 Å². The predicted molar refractivity (Wildman–Crippen MR) is 80.1 cm³/mol. The van der Waals surface area contributed by atoms with Crippen molar-refractivity contribution in [3.63, 3.8) is 0 Å². The van der Waals surface area contributed by atoms with Crippen molar-refractivity contribution in [3.8, 4) is 0 Å². The zero-order valence-corrected chi connectivity index (χ0v) is 13.4. The van der Waals surface area contributed by atoms with E-state index in [1.165, 1.54) is 0 Å². The molecule has 2 aliphatic rings. The van der Waals surface area contributed by atoms with E-state index < -0.39 is 9.84 Å². The number of urea groups is 1. The summed E-state index contributed by atoms with van der Waals surface area (Å²) in [7, 11) is -1.20. The zero-order chi connectivity index (χ0) is 15.3. The Morgan fingerprint density at radius 2 is 2.00 bits per heavy atom. The zero-order valence-electron chi connectivity index (χ0n) is 12.6. The van der Waals surface area contributed by atoms with Crippen LogP contribution in [0.4, 0.5) is 4.79 Å². The van der Waals surface area contributed by atoms with Gasteiger partial charge in [0.15, 0.2) is 9.84 Å². The number of nitrogens with one attached hydrogen (secondary N) is 1. The van der Waals surface area contributed by atoms with Crippen LogP contribution in [0.5, 0.6) is 0 Å². The Balaban J connectivity index is 1.69. The molecule has 0 spiro atoms. The summed E-state index contributed by atoms with van der Waals surface area (Å²) >= 11 is 0. The first-order valence-electron chi connectivity index (χ1n) is 7.48. The van der Waals surface area contributed by atoms with Gasteiger partial charge in [0.2, 0.25) is 0 Å². The second-order valence-electron chi connectivity index (χ2n) is 5.66. The molecule has 1 atom stereocenters. The van der Waals surface area contributed by atoms with Gasteiger partial charge in [0.25, 0.3) is 0 Å². The molecule has 0 aromatic carbocycles. The van der Waals surface area contributed by atoms with Crippen LogP contribution in [0.2, 0.25) is 0 Å². The minimum absolute atomic E-state index is 0.0372. The van der Waals surface area contributed by atoms with Gasteiger partial charge >= 0.3 is 6.03 Å². The summed E-state index contributed by atoms with van der Waals surface area (Å²) < 4.78 is 28.0. The Kier molecular flexibility index (Phi) is 5.83. The van der Waals surface area contributed by atoms with Crippen molar-refractivity contribution in [1.82, 2.24) is 15.1 Å². The van der Waals surface area contributed by atoms with Crippen molar-refractivity contribution in [2.24, 2.45) is 0 Å². The number of ether oxygens (including phenoxy) is 1. The number of methoxy groups -OCH3 is 1. The Morgan fingerprint density at radius 3 is 2.57 bits per heavy atom. The Bertz CT molecular complexity index is 446. The van der Waals surface area contributed by atoms with Crippen LogP contribution in [-0.2, 0) is 14.6 Å². The molecule has 0 aromatic rings. The van der Waals surface area contributed by atoms with Crippen molar-refractivity contribution >= 4 is 15.9 Å². The lowest BCUT2D eigenvalue weighted by Gasteiger charge is -2.37. The average molecular weight is 319 g/mol. The first-order valence-corrected chi connectivity index (χ1v) is 9.30. The Labute approximate surface area is 126 Å². The van der Waals surface area contributed by atoms with Gasteiger partial charge in [-0.05, 0) is 12.8 Å². The molecule has 0 bridgehead atoms. The summed E-state index contributed by atoms with van der Waals surface area (Å²) in [5.41, 5.74) is 0. The fourth-order valence-corrected chi connectivity index (χ4v) is 4.64. The highest BCUT2D eigenvalue weighted by atomic mass is 32.2.